The van der Waals surface area contributed by atoms with Crippen molar-refractivity contribution in [2.45, 2.75) is 0 Å². The first-order valence-corrected chi connectivity index (χ1v) is 11.0. The number of ether oxygens (including phenoxy) is 2. The predicted molar refractivity (Wildman–Crippen MR) is 127 cm³/mol. The topological polar surface area (TPSA) is 45.2 Å². The Morgan fingerprint density at radius 1 is 0.844 bits per heavy atom. The Hall–Kier alpha value is -3.09. The minimum Gasteiger partial charge on any atom is -0.495 e. The van der Waals surface area contributed by atoms with Gasteiger partial charge in [-0.25, -0.2) is 4.79 Å². The van der Waals surface area contributed by atoms with Crippen LogP contribution < -0.4 is 19.3 Å². The van der Waals surface area contributed by atoms with Gasteiger partial charge in [0.25, 0.3) is 0 Å². The summed E-state index contributed by atoms with van der Waals surface area (Å²) in [5, 5.41) is 1.05. The van der Waals surface area contributed by atoms with Gasteiger partial charge in [-0.2, -0.15) is 0 Å². The van der Waals surface area contributed by atoms with E-state index in [1.54, 1.807) is 48.4 Å². The summed E-state index contributed by atoms with van der Waals surface area (Å²) < 4.78 is 11.5. The summed E-state index contributed by atoms with van der Waals surface area (Å²) in [6.45, 7) is 2.53. The molecule has 0 unspecified atom stereocenters. The van der Waals surface area contributed by atoms with Crippen LogP contribution in [-0.2, 0) is 0 Å². The van der Waals surface area contributed by atoms with Crippen LogP contribution in [0.25, 0.3) is 0 Å². The minimum atomic E-state index is -0.139. The number of fused-ring (bicyclic) bond motifs is 2. The van der Waals surface area contributed by atoms with Crippen LogP contribution in [0.1, 0.15) is 0 Å². The van der Waals surface area contributed by atoms with Crippen molar-refractivity contribution >= 4 is 46.3 Å². The molecular formula is C24H21Cl2N3O3. The molecule has 8 heteroatoms. The minimum absolute atomic E-state index is 0.139. The van der Waals surface area contributed by atoms with Crippen LogP contribution in [0.3, 0.4) is 0 Å². The number of urea groups is 1. The van der Waals surface area contributed by atoms with Gasteiger partial charge in [0.05, 0.1) is 24.2 Å². The zero-order chi connectivity index (χ0) is 22.2. The van der Waals surface area contributed by atoms with Crippen molar-refractivity contribution in [3.63, 3.8) is 0 Å². The lowest BCUT2D eigenvalue weighted by molar-refractivity contribution is 0.203. The fourth-order valence-corrected chi connectivity index (χ4v) is 4.46. The molecule has 3 aromatic rings. The van der Waals surface area contributed by atoms with E-state index in [1.807, 2.05) is 29.2 Å². The third kappa shape index (κ3) is 3.70. The second kappa shape index (κ2) is 8.45. The molecule has 3 aromatic carbocycles. The number of methoxy groups -OCH3 is 1. The number of anilines is 3. The van der Waals surface area contributed by atoms with Crippen molar-refractivity contribution in [3.8, 4) is 17.2 Å². The SMILES string of the molecule is COc1ccccc1N1CCN(C(=O)N2c3cc(Cl)ccc3Oc3ccc(Cl)cc32)CC1. The van der Waals surface area contributed by atoms with Crippen molar-refractivity contribution in [1.82, 2.24) is 4.90 Å². The third-order valence-electron chi connectivity index (χ3n) is 5.71. The van der Waals surface area contributed by atoms with E-state index in [9.17, 15) is 4.79 Å². The number of hydrogen-bond donors (Lipinski definition) is 0. The van der Waals surface area contributed by atoms with Crippen LogP contribution in [0.5, 0.6) is 17.2 Å². The Morgan fingerprint density at radius 2 is 1.44 bits per heavy atom. The van der Waals surface area contributed by atoms with Gasteiger partial charge in [0, 0.05) is 36.2 Å². The number of amides is 2. The van der Waals surface area contributed by atoms with E-state index in [2.05, 4.69) is 4.90 Å². The van der Waals surface area contributed by atoms with Gasteiger partial charge in [-0.05, 0) is 48.5 Å². The average molecular weight is 470 g/mol. The van der Waals surface area contributed by atoms with E-state index in [0.717, 1.165) is 11.4 Å². The molecule has 2 heterocycles. The van der Waals surface area contributed by atoms with Crippen molar-refractivity contribution in [1.29, 1.82) is 0 Å². The number of para-hydroxylation sites is 2. The molecule has 2 amide bonds. The summed E-state index contributed by atoms with van der Waals surface area (Å²) in [5.74, 6) is 1.98. The maximum atomic E-state index is 13.7. The molecule has 1 saturated heterocycles. The lowest BCUT2D eigenvalue weighted by atomic mass is 10.1. The van der Waals surface area contributed by atoms with Gasteiger partial charge in [0.1, 0.15) is 5.75 Å². The molecule has 1 fully saturated rings. The summed E-state index contributed by atoms with van der Waals surface area (Å²) in [6, 6.07) is 18.3. The molecule has 2 aliphatic heterocycles. The van der Waals surface area contributed by atoms with Crippen molar-refractivity contribution in [3.05, 3.63) is 70.7 Å². The predicted octanol–water partition coefficient (Wildman–Crippen LogP) is 6.19. The number of carbonyl (C=O) groups excluding carboxylic acids is 1. The molecular weight excluding hydrogens is 449 g/mol. The van der Waals surface area contributed by atoms with E-state index >= 15 is 0 Å². The number of piperazine rings is 1. The molecule has 32 heavy (non-hydrogen) atoms. The van der Waals surface area contributed by atoms with Crippen molar-refractivity contribution < 1.29 is 14.3 Å². The number of rotatable bonds is 2. The maximum Gasteiger partial charge on any atom is 0.329 e. The van der Waals surface area contributed by atoms with Gasteiger partial charge in [-0.15, -0.1) is 0 Å². The maximum absolute atomic E-state index is 13.7. The highest BCUT2D eigenvalue weighted by molar-refractivity contribution is 6.31. The highest BCUT2D eigenvalue weighted by Crippen LogP contribution is 2.48. The Kier molecular flexibility index (Phi) is 5.49. The fourth-order valence-electron chi connectivity index (χ4n) is 4.13. The molecule has 0 atom stereocenters. The molecule has 0 N–H and O–H groups in total. The molecule has 6 nitrogen and oxygen atoms in total. The third-order valence-corrected chi connectivity index (χ3v) is 6.18. The smallest absolute Gasteiger partial charge is 0.329 e. The summed E-state index contributed by atoms with van der Waals surface area (Å²) in [6.07, 6.45) is 0. The van der Waals surface area contributed by atoms with Gasteiger partial charge in [0.2, 0.25) is 0 Å². The largest absolute Gasteiger partial charge is 0.495 e. The number of carbonyl (C=O) groups is 1. The van der Waals surface area contributed by atoms with E-state index in [4.69, 9.17) is 32.7 Å². The first-order chi connectivity index (χ1) is 15.5. The zero-order valence-electron chi connectivity index (χ0n) is 17.4. The quantitative estimate of drug-likeness (QED) is 0.448. The van der Waals surface area contributed by atoms with E-state index < -0.39 is 0 Å². The van der Waals surface area contributed by atoms with E-state index in [-0.39, 0.29) is 6.03 Å². The Labute approximate surface area is 196 Å². The van der Waals surface area contributed by atoms with Crippen LogP contribution in [0.15, 0.2) is 60.7 Å². The second-order valence-corrected chi connectivity index (χ2v) is 8.46. The zero-order valence-corrected chi connectivity index (χ0v) is 18.9. The lowest BCUT2D eigenvalue weighted by Gasteiger charge is -2.40. The van der Waals surface area contributed by atoms with E-state index in [0.29, 0.717) is 59.1 Å². The standard InChI is InChI=1S/C24H21Cl2N3O3/c1-31-21-5-3-2-4-18(21)27-10-12-28(13-11-27)24(30)29-19-14-16(25)6-8-22(19)32-23-9-7-17(26)15-20(23)29/h2-9,14-15H,10-13H2,1H3. The number of nitrogens with zero attached hydrogens (tertiary/aromatic N) is 3. The normalized spacial score (nSPS) is 15.0. The molecule has 0 spiro atoms. The molecule has 0 aromatic heterocycles. The summed E-state index contributed by atoms with van der Waals surface area (Å²) in [4.78, 5) is 19.5. The Balaban J connectivity index is 1.43. The first-order valence-electron chi connectivity index (χ1n) is 10.3. The van der Waals surface area contributed by atoms with Crippen LogP contribution in [-0.4, -0.2) is 44.2 Å². The summed E-state index contributed by atoms with van der Waals surface area (Å²) >= 11 is 12.5. The van der Waals surface area contributed by atoms with Crippen LogP contribution in [0, 0.1) is 0 Å². The van der Waals surface area contributed by atoms with Crippen LogP contribution in [0.4, 0.5) is 21.9 Å². The van der Waals surface area contributed by atoms with Crippen molar-refractivity contribution in [2.24, 2.45) is 0 Å². The van der Waals surface area contributed by atoms with Crippen LogP contribution >= 0.6 is 23.2 Å². The highest BCUT2D eigenvalue weighted by Gasteiger charge is 2.34. The van der Waals surface area contributed by atoms with Crippen LogP contribution in [0.2, 0.25) is 10.0 Å². The summed E-state index contributed by atoms with van der Waals surface area (Å²) in [5.41, 5.74) is 2.23. The molecule has 0 aliphatic carbocycles. The van der Waals surface area contributed by atoms with Gasteiger partial charge < -0.3 is 19.3 Å². The van der Waals surface area contributed by atoms with E-state index in [1.165, 1.54) is 0 Å². The molecule has 0 radical (unpaired) electrons. The molecule has 5 rings (SSSR count). The Morgan fingerprint density at radius 3 is 2.03 bits per heavy atom. The second-order valence-electron chi connectivity index (χ2n) is 7.59. The number of halogens is 2. The highest BCUT2D eigenvalue weighted by atomic mass is 35.5. The van der Waals surface area contributed by atoms with Gasteiger partial charge in [0.15, 0.2) is 11.5 Å². The van der Waals surface area contributed by atoms with Gasteiger partial charge in [-0.3, -0.25) is 4.90 Å². The first kappa shape index (κ1) is 20.8. The van der Waals surface area contributed by atoms with Gasteiger partial charge in [-0.1, -0.05) is 35.3 Å². The lowest BCUT2D eigenvalue weighted by Crippen LogP contribution is -2.52. The Bertz CT molecular complexity index is 1130. The number of hydrogen-bond acceptors (Lipinski definition) is 4. The molecule has 0 bridgehead atoms. The molecule has 2 aliphatic rings. The summed E-state index contributed by atoms with van der Waals surface area (Å²) in [7, 11) is 1.67. The van der Waals surface area contributed by atoms with Gasteiger partial charge >= 0.3 is 6.03 Å². The average Bonchev–Trinajstić information content (AvgIpc) is 2.82. The number of benzene rings is 3. The fraction of sp³-hybridized carbons (Fsp3) is 0.208. The molecule has 0 saturated carbocycles. The van der Waals surface area contributed by atoms with Crippen molar-refractivity contribution in [2.75, 3.05) is 43.1 Å². The molecule has 164 valence electrons. The monoisotopic (exact) mass is 469 g/mol.